The first-order valence-corrected chi connectivity index (χ1v) is 8.04. The van der Waals surface area contributed by atoms with E-state index in [0.29, 0.717) is 29.4 Å². The van der Waals surface area contributed by atoms with Gasteiger partial charge in [0, 0.05) is 24.5 Å². The van der Waals surface area contributed by atoms with E-state index in [2.05, 4.69) is 15.1 Å². The first kappa shape index (κ1) is 16.9. The van der Waals surface area contributed by atoms with E-state index >= 15 is 0 Å². The summed E-state index contributed by atoms with van der Waals surface area (Å²) in [5.41, 5.74) is 2.10. The van der Waals surface area contributed by atoms with Crippen LogP contribution in [0, 0.1) is 6.92 Å². The molecule has 1 aromatic carbocycles. The number of carbonyl (C=O) groups is 1. The lowest BCUT2D eigenvalue weighted by molar-refractivity contribution is 0.0771. The van der Waals surface area contributed by atoms with Crippen molar-refractivity contribution in [1.29, 1.82) is 0 Å². The van der Waals surface area contributed by atoms with Gasteiger partial charge in [0.05, 0.1) is 24.7 Å². The van der Waals surface area contributed by atoms with Gasteiger partial charge >= 0.3 is 0 Å². The van der Waals surface area contributed by atoms with Gasteiger partial charge < -0.3 is 14.2 Å². The number of fused-ring (bicyclic) bond motifs is 1. The highest BCUT2D eigenvalue weighted by molar-refractivity contribution is 6.06. The van der Waals surface area contributed by atoms with Crippen molar-refractivity contribution in [3.8, 4) is 5.75 Å². The number of pyridine rings is 1. The van der Waals surface area contributed by atoms with E-state index in [9.17, 15) is 4.79 Å². The molecule has 0 fully saturated rings. The van der Waals surface area contributed by atoms with Gasteiger partial charge in [-0.3, -0.25) is 9.78 Å². The molecule has 0 N–H and O–H groups in total. The third-order valence-corrected chi connectivity index (χ3v) is 3.92. The van der Waals surface area contributed by atoms with Crippen molar-refractivity contribution in [3.63, 3.8) is 0 Å². The second-order valence-corrected chi connectivity index (χ2v) is 5.81. The Labute approximate surface area is 145 Å². The smallest absolute Gasteiger partial charge is 0.254 e. The van der Waals surface area contributed by atoms with E-state index in [0.717, 1.165) is 16.6 Å². The Morgan fingerprint density at radius 2 is 2.08 bits per heavy atom. The Balaban J connectivity index is 1.94. The summed E-state index contributed by atoms with van der Waals surface area (Å²) in [6.07, 6.45) is 0.690. The Morgan fingerprint density at radius 3 is 2.76 bits per heavy atom. The maximum absolute atomic E-state index is 13.0. The minimum Gasteiger partial charge on any atom is -0.497 e. The van der Waals surface area contributed by atoms with Crippen LogP contribution in [0.4, 0.5) is 0 Å². The van der Waals surface area contributed by atoms with Crippen LogP contribution in [0.2, 0.25) is 0 Å². The Hall–Kier alpha value is -2.96. The van der Waals surface area contributed by atoms with Crippen LogP contribution in [-0.2, 0) is 13.0 Å². The number of amides is 1. The van der Waals surface area contributed by atoms with Crippen molar-refractivity contribution in [2.45, 2.75) is 26.8 Å². The van der Waals surface area contributed by atoms with Gasteiger partial charge in [-0.05, 0) is 31.2 Å². The van der Waals surface area contributed by atoms with E-state index in [1.165, 1.54) is 0 Å². The van der Waals surface area contributed by atoms with Crippen LogP contribution >= 0.6 is 0 Å². The zero-order chi connectivity index (χ0) is 18.0. The van der Waals surface area contributed by atoms with E-state index < -0.39 is 0 Å². The Bertz CT molecular complexity index is 920. The molecular weight excluding hydrogens is 320 g/mol. The van der Waals surface area contributed by atoms with Crippen molar-refractivity contribution in [1.82, 2.24) is 20.0 Å². The summed E-state index contributed by atoms with van der Waals surface area (Å²) in [6, 6.07) is 7.29. The molecule has 25 heavy (non-hydrogen) atoms. The van der Waals surface area contributed by atoms with Crippen molar-refractivity contribution in [2.75, 3.05) is 14.2 Å². The summed E-state index contributed by atoms with van der Waals surface area (Å²) >= 11 is 0. The van der Waals surface area contributed by atoms with Crippen LogP contribution in [0.5, 0.6) is 5.75 Å². The number of hydrogen-bond acceptors (Lipinski definition) is 6. The normalized spacial score (nSPS) is 10.9. The average Bonchev–Trinajstić information content (AvgIpc) is 3.07. The number of hydrogen-bond donors (Lipinski definition) is 0. The quantitative estimate of drug-likeness (QED) is 0.710. The summed E-state index contributed by atoms with van der Waals surface area (Å²) in [4.78, 5) is 23.2. The predicted molar refractivity (Wildman–Crippen MR) is 92.5 cm³/mol. The van der Waals surface area contributed by atoms with Gasteiger partial charge in [-0.1, -0.05) is 12.1 Å². The van der Waals surface area contributed by atoms with E-state index in [1.807, 2.05) is 32.0 Å². The van der Waals surface area contributed by atoms with Gasteiger partial charge in [0.25, 0.3) is 5.91 Å². The van der Waals surface area contributed by atoms with Crippen LogP contribution in [0.1, 0.15) is 34.7 Å². The standard InChI is InChI=1S/C18H20N4O3/c1-5-16-20-17(25-21-16)10-22(3)18(23)14-8-11(2)19-15-7-6-12(24-4)9-13(14)15/h6-9H,5,10H2,1-4H3. The van der Waals surface area contributed by atoms with Crippen LogP contribution in [0.3, 0.4) is 0 Å². The van der Waals surface area contributed by atoms with Gasteiger partial charge in [-0.25, -0.2) is 0 Å². The molecule has 130 valence electrons. The molecule has 0 radical (unpaired) electrons. The molecule has 0 saturated heterocycles. The molecule has 7 nitrogen and oxygen atoms in total. The lowest BCUT2D eigenvalue weighted by atomic mass is 10.1. The zero-order valence-electron chi connectivity index (χ0n) is 14.7. The van der Waals surface area contributed by atoms with Crippen molar-refractivity contribution >= 4 is 16.8 Å². The molecule has 0 bridgehead atoms. The summed E-state index contributed by atoms with van der Waals surface area (Å²) in [7, 11) is 3.30. The van der Waals surface area contributed by atoms with Gasteiger partial charge in [0.1, 0.15) is 5.75 Å². The number of carbonyl (C=O) groups excluding carboxylic acids is 1. The maximum atomic E-state index is 13.0. The minimum atomic E-state index is -0.139. The SMILES string of the molecule is CCc1noc(CN(C)C(=O)c2cc(C)nc3ccc(OC)cc23)n1. The highest BCUT2D eigenvalue weighted by Gasteiger charge is 2.19. The van der Waals surface area contributed by atoms with E-state index in [1.54, 1.807) is 25.1 Å². The molecule has 2 heterocycles. The molecule has 0 atom stereocenters. The number of rotatable bonds is 5. The lowest BCUT2D eigenvalue weighted by Gasteiger charge is -2.17. The zero-order valence-corrected chi connectivity index (χ0v) is 14.7. The summed E-state index contributed by atoms with van der Waals surface area (Å²) < 4.78 is 10.4. The van der Waals surface area contributed by atoms with Crippen LogP contribution in [-0.4, -0.2) is 40.1 Å². The van der Waals surface area contributed by atoms with Crippen molar-refractivity contribution in [2.24, 2.45) is 0 Å². The van der Waals surface area contributed by atoms with Crippen LogP contribution in [0.15, 0.2) is 28.8 Å². The molecule has 0 spiro atoms. The molecule has 3 aromatic rings. The molecule has 3 rings (SSSR count). The first-order valence-electron chi connectivity index (χ1n) is 8.04. The van der Waals surface area contributed by atoms with Crippen LogP contribution < -0.4 is 4.74 Å². The van der Waals surface area contributed by atoms with Gasteiger partial charge in [0.2, 0.25) is 5.89 Å². The topological polar surface area (TPSA) is 81.4 Å². The highest BCUT2D eigenvalue weighted by atomic mass is 16.5. The van der Waals surface area contributed by atoms with Crippen molar-refractivity contribution < 1.29 is 14.1 Å². The highest BCUT2D eigenvalue weighted by Crippen LogP contribution is 2.25. The third kappa shape index (κ3) is 3.45. The van der Waals surface area contributed by atoms with Crippen molar-refractivity contribution in [3.05, 3.63) is 47.2 Å². The van der Waals surface area contributed by atoms with E-state index in [-0.39, 0.29) is 12.5 Å². The summed E-state index contributed by atoms with van der Waals surface area (Å²) in [6.45, 7) is 4.06. The van der Waals surface area contributed by atoms with E-state index in [4.69, 9.17) is 9.26 Å². The fourth-order valence-corrected chi connectivity index (χ4v) is 2.62. The first-order chi connectivity index (χ1) is 12.0. The summed E-state index contributed by atoms with van der Waals surface area (Å²) in [5, 5.41) is 4.61. The number of methoxy groups -OCH3 is 1. The molecule has 0 saturated carbocycles. The Kier molecular flexibility index (Phi) is 4.65. The number of ether oxygens (including phenoxy) is 1. The minimum absolute atomic E-state index is 0.139. The number of nitrogens with zero attached hydrogens (tertiary/aromatic N) is 4. The third-order valence-electron chi connectivity index (χ3n) is 3.92. The monoisotopic (exact) mass is 340 g/mol. The van der Waals surface area contributed by atoms with Crippen LogP contribution in [0.25, 0.3) is 10.9 Å². The Morgan fingerprint density at radius 1 is 1.28 bits per heavy atom. The molecule has 0 aliphatic heterocycles. The molecule has 0 unspecified atom stereocenters. The summed E-state index contributed by atoms with van der Waals surface area (Å²) in [5.74, 6) is 1.59. The fourth-order valence-electron chi connectivity index (χ4n) is 2.62. The number of aryl methyl sites for hydroxylation is 2. The fraction of sp³-hybridized carbons (Fsp3) is 0.333. The van der Waals surface area contributed by atoms with Gasteiger partial charge in [0.15, 0.2) is 5.82 Å². The molecule has 0 aliphatic rings. The lowest BCUT2D eigenvalue weighted by Crippen LogP contribution is -2.26. The van der Waals surface area contributed by atoms with Gasteiger partial charge in [-0.15, -0.1) is 0 Å². The molecule has 7 heteroatoms. The molecular formula is C18H20N4O3. The maximum Gasteiger partial charge on any atom is 0.254 e. The molecule has 1 amide bonds. The second-order valence-electron chi connectivity index (χ2n) is 5.81. The predicted octanol–water partition coefficient (Wildman–Crippen LogP) is 2.77. The number of aromatic nitrogens is 3. The second kappa shape index (κ2) is 6.88. The molecule has 2 aromatic heterocycles. The molecule has 0 aliphatic carbocycles. The largest absolute Gasteiger partial charge is 0.497 e. The average molecular weight is 340 g/mol. The number of benzene rings is 1. The van der Waals surface area contributed by atoms with Gasteiger partial charge in [-0.2, -0.15) is 4.98 Å².